The maximum atomic E-state index is 12.1. The van der Waals surface area contributed by atoms with Gasteiger partial charge in [-0.25, -0.2) is 8.42 Å². The third-order valence-electron chi connectivity index (χ3n) is 4.25. The van der Waals surface area contributed by atoms with Crippen LogP contribution in [-0.4, -0.2) is 49.5 Å². The minimum absolute atomic E-state index is 0.0366. The van der Waals surface area contributed by atoms with E-state index in [2.05, 4.69) is 30.9 Å². The molecule has 2 unspecified atom stereocenters. The Balaban J connectivity index is 2.41. The highest BCUT2D eigenvalue weighted by molar-refractivity contribution is 8.00. The third kappa shape index (κ3) is 3.62. The molecule has 1 aromatic carbocycles. The normalized spacial score (nSPS) is 22.2. The second-order valence-electron chi connectivity index (χ2n) is 5.64. The minimum Gasteiger partial charge on any atom is -0.329 e. The number of benzene rings is 1. The summed E-state index contributed by atoms with van der Waals surface area (Å²) in [5, 5.41) is -0.440. The molecule has 0 aliphatic carbocycles. The van der Waals surface area contributed by atoms with Crippen molar-refractivity contribution >= 4 is 21.6 Å². The molecule has 1 aliphatic heterocycles. The molecule has 0 amide bonds. The number of thioether (sulfide) groups is 1. The molecular formula is C15H24N2O2S2. The van der Waals surface area contributed by atoms with E-state index < -0.39 is 15.2 Å². The van der Waals surface area contributed by atoms with Gasteiger partial charge in [-0.05, 0) is 30.5 Å². The second-order valence-corrected chi connectivity index (χ2v) is 8.99. The average molecular weight is 329 g/mol. The molecule has 0 bridgehead atoms. The van der Waals surface area contributed by atoms with Gasteiger partial charge < -0.3 is 5.73 Å². The Morgan fingerprint density at radius 3 is 2.76 bits per heavy atom. The van der Waals surface area contributed by atoms with Gasteiger partial charge in [0.15, 0.2) is 9.84 Å². The lowest BCUT2D eigenvalue weighted by Gasteiger charge is -2.40. The van der Waals surface area contributed by atoms with Crippen molar-refractivity contribution in [2.24, 2.45) is 5.73 Å². The van der Waals surface area contributed by atoms with E-state index in [-0.39, 0.29) is 6.04 Å². The summed E-state index contributed by atoms with van der Waals surface area (Å²) in [7, 11) is -3.11. The molecule has 1 aliphatic rings. The SMILES string of the molecule is Cc1cccc(C(CN)N2CCSCC2S(C)(=O)=O)c1C. The van der Waals surface area contributed by atoms with Crippen LogP contribution in [-0.2, 0) is 9.84 Å². The Hall–Kier alpha value is -0.560. The highest BCUT2D eigenvalue weighted by Crippen LogP contribution is 2.31. The molecule has 21 heavy (non-hydrogen) atoms. The lowest BCUT2D eigenvalue weighted by molar-refractivity contribution is 0.197. The number of hydrogen-bond acceptors (Lipinski definition) is 5. The largest absolute Gasteiger partial charge is 0.329 e. The van der Waals surface area contributed by atoms with Gasteiger partial charge in [0.2, 0.25) is 0 Å². The van der Waals surface area contributed by atoms with Gasteiger partial charge in [-0.15, -0.1) is 0 Å². The van der Waals surface area contributed by atoms with Gasteiger partial charge in [0.25, 0.3) is 0 Å². The first-order chi connectivity index (χ1) is 9.86. The molecule has 0 spiro atoms. The smallest absolute Gasteiger partial charge is 0.164 e. The maximum Gasteiger partial charge on any atom is 0.164 e. The molecule has 0 aromatic heterocycles. The Bertz CT molecular complexity index is 602. The Labute approximate surface area is 132 Å². The molecule has 4 nitrogen and oxygen atoms in total. The number of hydrogen-bond donors (Lipinski definition) is 1. The standard InChI is InChI=1S/C15H24N2O2S2/c1-11-5-4-6-13(12(11)2)14(9-16)17-7-8-20-10-15(17)21(3,18)19/h4-6,14-15H,7-10,16H2,1-3H3. The van der Waals surface area contributed by atoms with Gasteiger partial charge in [0.1, 0.15) is 5.37 Å². The fourth-order valence-corrected chi connectivity index (χ4v) is 5.82. The Kier molecular flexibility index (Phi) is 5.35. The molecular weight excluding hydrogens is 304 g/mol. The van der Waals surface area contributed by atoms with E-state index in [0.29, 0.717) is 12.3 Å². The first-order valence-electron chi connectivity index (χ1n) is 7.14. The molecule has 118 valence electrons. The zero-order valence-corrected chi connectivity index (χ0v) is 14.5. The van der Waals surface area contributed by atoms with Gasteiger partial charge in [-0.1, -0.05) is 18.2 Å². The van der Waals surface area contributed by atoms with Gasteiger partial charge in [-0.2, -0.15) is 11.8 Å². The van der Waals surface area contributed by atoms with E-state index in [1.54, 1.807) is 11.8 Å². The molecule has 2 rings (SSSR count). The predicted octanol–water partition coefficient (Wildman–Crippen LogP) is 1.72. The summed E-state index contributed by atoms with van der Waals surface area (Å²) >= 11 is 1.70. The molecule has 1 heterocycles. The van der Waals surface area contributed by atoms with Crippen LogP contribution in [0, 0.1) is 13.8 Å². The summed E-state index contributed by atoms with van der Waals surface area (Å²) in [5.41, 5.74) is 9.59. The van der Waals surface area contributed by atoms with E-state index in [4.69, 9.17) is 5.73 Å². The molecule has 2 N–H and O–H groups in total. The van der Waals surface area contributed by atoms with Gasteiger partial charge in [-0.3, -0.25) is 4.90 Å². The van der Waals surface area contributed by atoms with Crippen LogP contribution in [0.15, 0.2) is 18.2 Å². The van der Waals surface area contributed by atoms with Gasteiger partial charge >= 0.3 is 0 Å². The minimum atomic E-state index is -3.11. The second kappa shape index (κ2) is 6.69. The van der Waals surface area contributed by atoms with Crippen molar-refractivity contribution in [2.75, 3.05) is 30.9 Å². The van der Waals surface area contributed by atoms with Crippen LogP contribution in [0.5, 0.6) is 0 Å². The van der Waals surface area contributed by atoms with Crippen LogP contribution in [0.1, 0.15) is 22.7 Å². The van der Waals surface area contributed by atoms with Crippen LogP contribution in [0.2, 0.25) is 0 Å². The van der Waals surface area contributed by atoms with E-state index >= 15 is 0 Å². The fraction of sp³-hybridized carbons (Fsp3) is 0.600. The van der Waals surface area contributed by atoms with Gasteiger partial charge in [0, 0.05) is 36.9 Å². The highest BCUT2D eigenvalue weighted by atomic mass is 32.2. The van der Waals surface area contributed by atoms with Crippen molar-refractivity contribution in [1.29, 1.82) is 0 Å². The highest BCUT2D eigenvalue weighted by Gasteiger charge is 2.36. The van der Waals surface area contributed by atoms with Crippen molar-refractivity contribution in [2.45, 2.75) is 25.3 Å². The monoisotopic (exact) mass is 328 g/mol. The number of nitrogens with zero attached hydrogens (tertiary/aromatic N) is 1. The summed E-state index contributed by atoms with van der Waals surface area (Å²) < 4.78 is 24.2. The van der Waals surface area contributed by atoms with E-state index in [9.17, 15) is 8.42 Å². The molecule has 0 saturated carbocycles. The molecule has 2 atom stereocenters. The zero-order chi connectivity index (χ0) is 15.6. The summed E-state index contributed by atoms with van der Waals surface area (Å²) in [6.07, 6.45) is 1.33. The van der Waals surface area contributed by atoms with Crippen molar-refractivity contribution < 1.29 is 8.42 Å². The molecule has 1 aromatic rings. The lowest BCUT2D eigenvalue weighted by atomic mass is 9.96. The Morgan fingerprint density at radius 1 is 1.43 bits per heavy atom. The van der Waals surface area contributed by atoms with Crippen molar-refractivity contribution in [3.05, 3.63) is 34.9 Å². The first kappa shape index (κ1) is 16.8. The quantitative estimate of drug-likeness (QED) is 0.912. The molecule has 1 fully saturated rings. The van der Waals surface area contributed by atoms with Crippen LogP contribution in [0.4, 0.5) is 0 Å². The van der Waals surface area contributed by atoms with Gasteiger partial charge in [0.05, 0.1) is 0 Å². The summed E-state index contributed by atoms with van der Waals surface area (Å²) in [6, 6.07) is 6.13. The van der Waals surface area contributed by atoms with Crippen LogP contribution in [0.25, 0.3) is 0 Å². The Morgan fingerprint density at radius 2 is 2.14 bits per heavy atom. The zero-order valence-electron chi connectivity index (χ0n) is 12.9. The number of sulfone groups is 1. The van der Waals surface area contributed by atoms with E-state index in [1.165, 1.54) is 17.4 Å². The average Bonchev–Trinajstić information content (AvgIpc) is 2.44. The lowest BCUT2D eigenvalue weighted by Crippen LogP contribution is -2.50. The predicted molar refractivity (Wildman–Crippen MR) is 90.4 cm³/mol. The fourth-order valence-electron chi connectivity index (χ4n) is 2.90. The maximum absolute atomic E-state index is 12.1. The molecule has 1 saturated heterocycles. The van der Waals surface area contributed by atoms with Crippen LogP contribution < -0.4 is 5.73 Å². The topological polar surface area (TPSA) is 63.4 Å². The summed E-state index contributed by atoms with van der Waals surface area (Å²) in [4.78, 5) is 2.08. The third-order valence-corrected chi connectivity index (χ3v) is 6.91. The molecule has 0 radical (unpaired) electrons. The summed E-state index contributed by atoms with van der Waals surface area (Å²) in [5.74, 6) is 1.58. The number of rotatable bonds is 4. The van der Waals surface area contributed by atoms with Crippen molar-refractivity contribution in [1.82, 2.24) is 4.90 Å². The molecule has 6 heteroatoms. The van der Waals surface area contributed by atoms with Crippen molar-refractivity contribution in [3.63, 3.8) is 0 Å². The number of aryl methyl sites for hydroxylation is 1. The van der Waals surface area contributed by atoms with Crippen LogP contribution in [0.3, 0.4) is 0 Å². The summed E-state index contributed by atoms with van der Waals surface area (Å²) in [6.45, 7) is 5.35. The van der Waals surface area contributed by atoms with Crippen LogP contribution >= 0.6 is 11.8 Å². The van der Waals surface area contributed by atoms with E-state index in [0.717, 1.165) is 17.9 Å². The van der Waals surface area contributed by atoms with Crippen molar-refractivity contribution in [3.8, 4) is 0 Å². The van der Waals surface area contributed by atoms with E-state index in [1.807, 2.05) is 6.07 Å². The first-order valence-corrected chi connectivity index (χ1v) is 10.3. The number of nitrogens with two attached hydrogens (primary N) is 1.